The molecular weight excluding hydrogens is 374 g/mol. The maximum Gasteiger partial charge on any atom is 0.282 e. The fourth-order valence-corrected chi connectivity index (χ4v) is 3.26. The van der Waals surface area contributed by atoms with Crippen LogP contribution in [0.25, 0.3) is 0 Å². The maximum absolute atomic E-state index is 12.2. The highest BCUT2D eigenvalue weighted by Crippen LogP contribution is 2.17. The highest BCUT2D eigenvalue weighted by molar-refractivity contribution is 7.89. The van der Waals surface area contributed by atoms with Crippen molar-refractivity contribution in [2.24, 2.45) is 0 Å². The first-order chi connectivity index (χ1) is 12.8. The molecule has 0 aliphatic rings. The maximum atomic E-state index is 12.2. The Kier molecular flexibility index (Phi) is 6.99. The summed E-state index contributed by atoms with van der Waals surface area (Å²) >= 11 is 0. The zero-order valence-corrected chi connectivity index (χ0v) is 15.4. The Bertz CT molecular complexity index is 913. The quantitative estimate of drug-likeness (QED) is 0.377. The van der Waals surface area contributed by atoms with Crippen LogP contribution in [-0.4, -0.2) is 39.5 Å². The number of para-hydroxylation sites is 1. The van der Waals surface area contributed by atoms with Crippen LogP contribution in [0.2, 0.25) is 0 Å². The Morgan fingerprint density at radius 1 is 1.15 bits per heavy atom. The number of hydrogen-bond donors (Lipinski definition) is 2. The van der Waals surface area contributed by atoms with Crippen molar-refractivity contribution in [2.45, 2.75) is 11.4 Å². The second kappa shape index (κ2) is 9.21. The number of sulfonamides is 1. The number of benzene rings is 2. The molecule has 0 saturated carbocycles. The second-order valence-corrected chi connectivity index (χ2v) is 7.26. The van der Waals surface area contributed by atoms with Crippen LogP contribution < -0.4 is 10.0 Å². The van der Waals surface area contributed by atoms with E-state index in [9.17, 15) is 23.3 Å². The van der Waals surface area contributed by atoms with Crippen LogP contribution in [-0.2, 0) is 21.3 Å². The SMILES string of the molecule is COCCNS(=O)(=O)c1ccc(CNC(=O)c2ccccc2[N+](=O)[O-])cc1. The van der Waals surface area contributed by atoms with E-state index in [1.807, 2.05) is 0 Å². The van der Waals surface area contributed by atoms with E-state index < -0.39 is 20.9 Å². The molecule has 2 aromatic rings. The third-order valence-electron chi connectivity index (χ3n) is 3.63. The van der Waals surface area contributed by atoms with Gasteiger partial charge in [0.15, 0.2) is 0 Å². The molecule has 0 radical (unpaired) electrons. The van der Waals surface area contributed by atoms with Crippen LogP contribution in [0.3, 0.4) is 0 Å². The number of nitrogens with zero attached hydrogens (tertiary/aromatic N) is 1. The minimum Gasteiger partial charge on any atom is -0.383 e. The number of nitrogens with one attached hydrogen (secondary N) is 2. The van der Waals surface area contributed by atoms with Crippen LogP contribution >= 0.6 is 0 Å². The molecule has 144 valence electrons. The zero-order chi connectivity index (χ0) is 19.9. The van der Waals surface area contributed by atoms with Gasteiger partial charge in [-0.2, -0.15) is 0 Å². The number of nitro benzene ring substituents is 1. The number of ether oxygens (including phenoxy) is 1. The normalized spacial score (nSPS) is 11.1. The number of nitro groups is 1. The van der Waals surface area contributed by atoms with Crippen LogP contribution in [0.15, 0.2) is 53.4 Å². The highest BCUT2D eigenvalue weighted by Gasteiger charge is 2.19. The van der Waals surface area contributed by atoms with Gasteiger partial charge in [0.25, 0.3) is 11.6 Å². The first-order valence-corrected chi connectivity index (χ1v) is 9.42. The molecule has 0 saturated heterocycles. The molecule has 9 nitrogen and oxygen atoms in total. The van der Waals surface area contributed by atoms with Crippen molar-refractivity contribution in [1.82, 2.24) is 10.0 Å². The first kappa shape index (κ1) is 20.5. The van der Waals surface area contributed by atoms with Gasteiger partial charge in [-0.25, -0.2) is 13.1 Å². The van der Waals surface area contributed by atoms with Crippen LogP contribution in [0.1, 0.15) is 15.9 Å². The molecule has 0 spiro atoms. The Balaban J connectivity index is 2.01. The van der Waals surface area contributed by atoms with E-state index in [1.165, 1.54) is 43.5 Å². The molecule has 0 aliphatic carbocycles. The highest BCUT2D eigenvalue weighted by atomic mass is 32.2. The third kappa shape index (κ3) is 5.58. The van der Waals surface area contributed by atoms with Gasteiger partial charge in [0.05, 0.1) is 16.4 Å². The van der Waals surface area contributed by atoms with Crippen molar-refractivity contribution in [3.05, 3.63) is 69.8 Å². The van der Waals surface area contributed by atoms with E-state index in [4.69, 9.17) is 4.74 Å². The molecule has 0 aliphatic heterocycles. The molecule has 0 atom stereocenters. The predicted molar refractivity (Wildman–Crippen MR) is 97.8 cm³/mol. The zero-order valence-electron chi connectivity index (χ0n) is 14.5. The van der Waals surface area contributed by atoms with E-state index in [-0.39, 0.29) is 35.8 Å². The number of carbonyl (C=O) groups excluding carboxylic acids is 1. The van der Waals surface area contributed by atoms with Gasteiger partial charge in [0.1, 0.15) is 5.56 Å². The van der Waals surface area contributed by atoms with E-state index in [2.05, 4.69) is 10.0 Å². The first-order valence-electron chi connectivity index (χ1n) is 7.94. The summed E-state index contributed by atoms with van der Waals surface area (Å²) in [6.07, 6.45) is 0. The molecular formula is C17H19N3O6S. The Morgan fingerprint density at radius 2 is 1.81 bits per heavy atom. The molecule has 1 amide bonds. The van der Waals surface area contributed by atoms with Gasteiger partial charge in [-0.1, -0.05) is 24.3 Å². The van der Waals surface area contributed by atoms with E-state index in [0.29, 0.717) is 5.56 Å². The lowest BCUT2D eigenvalue weighted by Crippen LogP contribution is -2.27. The van der Waals surface area contributed by atoms with Crippen molar-refractivity contribution >= 4 is 21.6 Å². The average Bonchev–Trinajstić information content (AvgIpc) is 2.66. The van der Waals surface area contributed by atoms with Gasteiger partial charge in [-0.15, -0.1) is 0 Å². The smallest absolute Gasteiger partial charge is 0.282 e. The lowest BCUT2D eigenvalue weighted by molar-refractivity contribution is -0.385. The second-order valence-electron chi connectivity index (χ2n) is 5.49. The van der Waals surface area contributed by atoms with Crippen molar-refractivity contribution in [1.29, 1.82) is 0 Å². The Morgan fingerprint density at radius 3 is 2.44 bits per heavy atom. The van der Waals surface area contributed by atoms with Crippen molar-refractivity contribution < 1.29 is 22.9 Å². The summed E-state index contributed by atoms with van der Waals surface area (Å²) in [4.78, 5) is 22.6. The largest absolute Gasteiger partial charge is 0.383 e. The summed E-state index contributed by atoms with van der Waals surface area (Å²) in [5.74, 6) is -0.583. The van der Waals surface area contributed by atoms with Gasteiger partial charge >= 0.3 is 0 Å². The van der Waals surface area contributed by atoms with Gasteiger partial charge in [-0.3, -0.25) is 14.9 Å². The van der Waals surface area contributed by atoms with E-state index in [1.54, 1.807) is 12.1 Å². The fraction of sp³-hybridized carbons (Fsp3) is 0.235. The standard InChI is InChI=1S/C17H19N3O6S/c1-26-11-10-19-27(24,25)14-8-6-13(7-9-14)12-18-17(21)15-4-2-3-5-16(15)20(22)23/h2-9,19H,10-12H2,1H3,(H,18,21). The summed E-state index contributed by atoms with van der Waals surface area (Å²) in [6, 6.07) is 11.6. The number of rotatable bonds is 9. The Hall–Kier alpha value is -2.82. The summed E-state index contributed by atoms with van der Waals surface area (Å²) in [6.45, 7) is 0.518. The Labute approximate surface area is 156 Å². The van der Waals surface area contributed by atoms with Crippen LogP contribution in [0, 0.1) is 10.1 Å². The van der Waals surface area contributed by atoms with Crippen molar-refractivity contribution in [3.63, 3.8) is 0 Å². The number of amides is 1. The number of carbonyl (C=O) groups is 1. The number of hydrogen-bond acceptors (Lipinski definition) is 6. The van der Waals surface area contributed by atoms with Crippen molar-refractivity contribution in [3.8, 4) is 0 Å². The molecule has 27 heavy (non-hydrogen) atoms. The summed E-state index contributed by atoms with van der Waals surface area (Å²) in [5.41, 5.74) is 0.334. The molecule has 0 fully saturated rings. The van der Waals surface area contributed by atoms with E-state index >= 15 is 0 Å². The summed E-state index contributed by atoms with van der Waals surface area (Å²) in [5, 5.41) is 13.6. The monoisotopic (exact) mass is 393 g/mol. The molecule has 2 aromatic carbocycles. The third-order valence-corrected chi connectivity index (χ3v) is 5.11. The van der Waals surface area contributed by atoms with Gasteiger partial charge in [-0.05, 0) is 23.8 Å². The molecule has 0 bridgehead atoms. The fourth-order valence-electron chi connectivity index (χ4n) is 2.25. The predicted octanol–water partition coefficient (Wildman–Crippen LogP) is 1.45. The summed E-state index contributed by atoms with van der Waals surface area (Å²) < 4.78 is 31.3. The van der Waals surface area contributed by atoms with Crippen molar-refractivity contribution in [2.75, 3.05) is 20.3 Å². The van der Waals surface area contributed by atoms with Gasteiger partial charge in [0.2, 0.25) is 10.0 Å². The topological polar surface area (TPSA) is 128 Å². The average molecular weight is 393 g/mol. The molecule has 0 unspecified atom stereocenters. The number of methoxy groups -OCH3 is 1. The lowest BCUT2D eigenvalue weighted by Gasteiger charge is -2.08. The molecule has 2 rings (SSSR count). The van der Waals surface area contributed by atoms with Crippen LogP contribution in [0.5, 0.6) is 0 Å². The van der Waals surface area contributed by atoms with Gasteiger partial charge in [0, 0.05) is 26.3 Å². The van der Waals surface area contributed by atoms with Crippen LogP contribution in [0.4, 0.5) is 5.69 Å². The van der Waals surface area contributed by atoms with E-state index in [0.717, 1.165) is 0 Å². The summed E-state index contributed by atoms with van der Waals surface area (Å²) in [7, 11) is -2.16. The molecule has 10 heteroatoms. The molecule has 0 aromatic heterocycles. The minimum atomic E-state index is -3.63. The van der Waals surface area contributed by atoms with Gasteiger partial charge < -0.3 is 10.1 Å². The minimum absolute atomic E-state index is 0.0379. The molecule has 2 N–H and O–H groups in total. The lowest BCUT2D eigenvalue weighted by atomic mass is 10.1. The molecule has 0 heterocycles.